The number of amides is 3. The van der Waals surface area contributed by atoms with Crippen LogP contribution in [0, 0.1) is 5.92 Å². The van der Waals surface area contributed by atoms with Crippen molar-refractivity contribution in [2.24, 2.45) is 5.92 Å². The average Bonchev–Trinajstić information content (AvgIpc) is 3.07. The number of carbonyl (C=O) groups excluding carboxylic acids is 2. The van der Waals surface area contributed by atoms with Gasteiger partial charge in [0, 0.05) is 51.7 Å². The molecule has 2 fully saturated rings. The molecule has 0 saturated carbocycles. The van der Waals surface area contributed by atoms with E-state index >= 15 is 0 Å². The second-order valence-electron chi connectivity index (χ2n) is 8.56. The normalized spacial score (nSPS) is 21.9. The molecule has 2 aromatic rings. The van der Waals surface area contributed by atoms with Gasteiger partial charge >= 0.3 is 6.03 Å². The topological polar surface area (TPSA) is 81.9 Å². The van der Waals surface area contributed by atoms with Crippen LogP contribution in [0.4, 0.5) is 10.6 Å². The molecular weight excluding hydrogens is 370 g/mol. The lowest BCUT2D eigenvalue weighted by Gasteiger charge is -2.40. The summed E-state index contributed by atoms with van der Waals surface area (Å²) in [6.07, 6.45) is 0.262. The lowest BCUT2D eigenvalue weighted by Crippen LogP contribution is -2.52. The van der Waals surface area contributed by atoms with E-state index in [0.717, 1.165) is 38.1 Å². The fourth-order valence-electron chi connectivity index (χ4n) is 4.25. The molecule has 0 spiro atoms. The van der Waals surface area contributed by atoms with E-state index in [-0.39, 0.29) is 12.3 Å². The summed E-state index contributed by atoms with van der Waals surface area (Å²) in [7, 11) is 0. The number of fused-ring (bicyclic) bond motifs is 1. The van der Waals surface area contributed by atoms with Crippen LogP contribution in [0.2, 0.25) is 0 Å². The van der Waals surface area contributed by atoms with Crippen LogP contribution in [-0.2, 0) is 11.3 Å². The van der Waals surface area contributed by atoms with Crippen molar-refractivity contribution in [2.45, 2.75) is 39.8 Å². The Labute approximate surface area is 170 Å². The summed E-state index contributed by atoms with van der Waals surface area (Å²) in [6.45, 7) is 12.3. The third-order valence-corrected chi connectivity index (χ3v) is 5.68. The van der Waals surface area contributed by atoms with Crippen molar-refractivity contribution in [1.82, 2.24) is 20.3 Å². The molecule has 3 amide bonds. The van der Waals surface area contributed by atoms with Crippen molar-refractivity contribution in [3.05, 3.63) is 23.8 Å². The molecule has 2 aliphatic heterocycles. The van der Waals surface area contributed by atoms with Crippen molar-refractivity contribution >= 4 is 28.7 Å². The Morgan fingerprint density at radius 1 is 1.24 bits per heavy atom. The maximum atomic E-state index is 12.2. The third-order valence-electron chi connectivity index (χ3n) is 5.68. The number of benzene rings is 1. The number of hydrogen-bond acceptors (Lipinski definition) is 6. The quantitative estimate of drug-likeness (QED) is 0.832. The zero-order valence-corrected chi connectivity index (χ0v) is 17.4. The second-order valence-corrected chi connectivity index (χ2v) is 8.56. The molecule has 8 heteroatoms. The summed E-state index contributed by atoms with van der Waals surface area (Å²) in [5.74, 6) is 0.900. The third kappa shape index (κ3) is 4.28. The minimum absolute atomic E-state index is 0.259. The molecule has 0 radical (unpaired) electrons. The van der Waals surface area contributed by atoms with Crippen molar-refractivity contribution in [2.75, 3.05) is 37.6 Å². The van der Waals surface area contributed by atoms with Crippen LogP contribution in [0.1, 0.15) is 32.8 Å². The average molecular weight is 399 g/mol. The summed E-state index contributed by atoms with van der Waals surface area (Å²) in [5.41, 5.74) is 1.81. The molecule has 29 heavy (non-hydrogen) atoms. The van der Waals surface area contributed by atoms with E-state index in [1.807, 2.05) is 6.07 Å². The number of carbonyl (C=O) groups is 2. The predicted octanol–water partition coefficient (Wildman–Crippen LogP) is 2.44. The fourth-order valence-corrected chi connectivity index (χ4v) is 4.25. The van der Waals surface area contributed by atoms with Crippen LogP contribution >= 0.6 is 0 Å². The largest absolute Gasteiger partial charge is 0.354 e. The Morgan fingerprint density at radius 2 is 2.07 bits per heavy atom. The van der Waals surface area contributed by atoms with E-state index in [1.54, 1.807) is 0 Å². The van der Waals surface area contributed by atoms with Gasteiger partial charge in [0.1, 0.15) is 0 Å². The summed E-state index contributed by atoms with van der Waals surface area (Å²) in [6, 6.07) is 6.06. The highest BCUT2D eigenvalue weighted by atomic mass is 16.5. The van der Waals surface area contributed by atoms with E-state index < -0.39 is 6.03 Å². The molecule has 0 bridgehead atoms. The van der Waals surface area contributed by atoms with Crippen molar-refractivity contribution < 1.29 is 14.1 Å². The Kier molecular flexibility index (Phi) is 5.56. The maximum Gasteiger partial charge on any atom is 0.329 e. The molecule has 156 valence electrons. The first-order chi connectivity index (χ1) is 13.9. The van der Waals surface area contributed by atoms with Crippen LogP contribution in [0.15, 0.2) is 22.7 Å². The molecular formula is C21H29N5O3. The Hall–Kier alpha value is -2.45. The number of aromatic nitrogens is 1. The van der Waals surface area contributed by atoms with Crippen molar-refractivity contribution in [3.63, 3.8) is 0 Å². The molecule has 4 rings (SSSR count). The first kappa shape index (κ1) is 19.8. The van der Waals surface area contributed by atoms with Gasteiger partial charge in [0.15, 0.2) is 11.4 Å². The van der Waals surface area contributed by atoms with Crippen LogP contribution in [0.3, 0.4) is 0 Å². The SMILES string of the molecule is CC(C)CN1CCN(Cc2ccc3onc(N4CCC(=O)NC4=O)c3c2)[C@@H](C)C1. The van der Waals surface area contributed by atoms with Gasteiger partial charge in [-0.3, -0.25) is 19.9 Å². The maximum absolute atomic E-state index is 12.2. The smallest absolute Gasteiger partial charge is 0.329 e. The van der Waals surface area contributed by atoms with Gasteiger partial charge in [-0.1, -0.05) is 25.1 Å². The van der Waals surface area contributed by atoms with E-state index in [4.69, 9.17) is 4.52 Å². The van der Waals surface area contributed by atoms with Gasteiger partial charge in [0.2, 0.25) is 5.91 Å². The highest BCUT2D eigenvalue weighted by molar-refractivity contribution is 6.08. The number of nitrogens with zero attached hydrogens (tertiary/aromatic N) is 4. The van der Waals surface area contributed by atoms with Gasteiger partial charge in [-0.25, -0.2) is 4.79 Å². The van der Waals surface area contributed by atoms with Crippen molar-refractivity contribution in [1.29, 1.82) is 0 Å². The monoisotopic (exact) mass is 399 g/mol. The Morgan fingerprint density at radius 3 is 2.79 bits per heavy atom. The van der Waals surface area contributed by atoms with Gasteiger partial charge in [0.25, 0.3) is 0 Å². The first-order valence-electron chi connectivity index (χ1n) is 10.4. The van der Waals surface area contributed by atoms with Gasteiger partial charge in [0.05, 0.1) is 5.39 Å². The van der Waals surface area contributed by atoms with Gasteiger partial charge in [-0.05, 0) is 30.5 Å². The van der Waals surface area contributed by atoms with Crippen LogP contribution in [0.5, 0.6) is 0 Å². The fraction of sp³-hybridized carbons (Fsp3) is 0.571. The zero-order valence-electron chi connectivity index (χ0n) is 17.4. The van der Waals surface area contributed by atoms with Crippen LogP contribution < -0.4 is 10.2 Å². The summed E-state index contributed by atoms with van der Waals surface area (Å²) < 4.78 is 5.42. The highest BCUT2D eigenvalue weighted by Crippen LogP contribution is 2.29. The number of imide groups is 1. The van der Waals surface area contributed by atoms with Crippen molar-refractivity contribution in [3.8, 4) is 0 Å². The lowest BCUT2D eigenvalue weighted by atomic mass is 10.1. The number of anilines is 1. The van der Waals surface area contributed by atoms with Gasteiger partial charge < -0.3 is 9.42 Å². The molecule has 0 aliphatic carbocycles. The van der Waals surface area contributed by atoms with E-state index in [1.165, 1.54) is 10.5 Å². The van der Waals surface area contributed by atoms with Crippen LogP contribution in [-0.4, -0.2) is 65.7 Å². The minimum Gasteiger partial charge on any atom is -0.354 e. The molecule has 3 heterocycles. The molecule has 2 saturated heterocycles. The minimum atomic E-state index is -0.447. The van der Waals surface area contributed by atoms with E-state index in [0.29, 0.717) is 29.9 Å². The number of hydrogen-bond donors (Lipinski definition) is 1. The molecule has 1 N–H and O–H groups in total. The second kappa shape index (κ2) is 8.12. The van der Waals surface area contributed by atoms with Gasteiger partial charge in [-0.15, -0.1) is 0 Å². The number of urea groups is 1. The van der Waals surface area contributed by atoms with E-state index in [2.05, 4.69) is 53.2 Å². The van der Waals surface area contributed by atoms with Gasteiger partial charge in [-0.2, -0.15) is 0 Å². The zero-order chi connectivity index (χ0) is 20.5. The molecule has 1 aromatic heterocycles. The molecule has 1 atom stereocenters. The number of nitrogens with one attached hydrogen (secondary N) is 1. The number of rotatable bonds is 5. The summed E-state index contributed by atoms with van der Waals surface area (Å²) >= 11 is 0. The number of piperazine rings is 1. The Balaban J connectivity index is 1.49. The first-order valence-corrected chi connectivity index (χ1v) is 10.4. The highest BCUT2D eigenvalue weighted by Gasteiger charge is 2.29. The lowest BCUT2D eigenvalue weighted by molar-refractivity contribution is -0.120. The molecule has 2 aliphatic rings. The van der Waals surface area contributed by atoms with Crippen LogP contribution in [0.25, 0.3) is 11.0 Å². The summed E-state index contributed by atoms with van der Waals surface area (Å²) in [5, 5.41) is 7.24. The predicted molar refractivity (Wildman–Crippen MR) is 111 cm³/mol. The van der Waals surface area contributed by atoms with E-state index in [9.17, 15) is 9.59 Å². The molecule has 1 aromatic carbocycles. The summed E-state index contributed by atoms with van der Waals surface area (Å²) in [4.78, 5) is 30.1. The molecule has 0 unspecified atom stereocenters. The molecule has 8 nitrogen and oxygen atoms in total. The standard InChI is InChI=1S/C21H29N5O3/c1-14(2)11-24-8-9-25(15(3)12-24)13-16-4-5-18-17(10-16)20(23-29-18)26-7-6-19(27)22-21(26)28/h4-5,10,14-15H,6-9,11-13H2,1-3H3,(H,22,27,28)/t15-/m0/s1. The Bertz CT molecular complexity index is 909.